The van der Waals surface area contributed by atoms with Crippen LogP contribution in [0, 0.1) is 18.7 Å². The predicted octanol–water partition coefficient (Wildman–Crippen LogP) is 3.63. The van der Waals surface area contributed by atoms with E-state index in [2.05, 4.69) is 21.9 Å². The van der Waals surface area contributed by atoms with E-state index in [4.69, 9.17) is 9.47 Å². The molecule has 3 aromatic rings. The number of nitrogens with zero attached hydrogens (tertiary/aromatic N) is 2. The number of amides is 1. The molecule has 196 valence electrons. The van der Waals surface area contributed by atoms with Gasteiger partial charge in [0.2, 0.25) is 10.6 Å². The lowest BCUT2D eigenvalue weighted by molar-refractivity contribution is 0.101. The number of carbonyl (C=O) groups is 1. The Morgan fingerprint density at radius 2 is 2.08 bits per heavy atom. The quantitative estimate of drug-likeness (QED) is 0.494. The van der Waals surface area contributed by atoms with E-state index in [0.29, 0.717) is 35.0 Å². The third kappa shape index (κ3) is 5.06. The SMILES string of the molecule is COc1ccc(CN2CC3COc4c(cn(C)c4C(=O)Nc4ccc(F)c(C)c4)[S+]([O-])NC3(C)C2)cc1. The smallest absolute Gasteiger partial charge is 0.276 e. The van der Waals surface area contributed by atoms with Crippen LogP contribution < -0.4 is 19.5 Å². The molecule has 0 radical (unpaired) electrons. The Hall–Kier alpha value is -3.05. The summed E-state index contributed by atoms with van der Waals surface area (Å²) in [5.41, 5.74) is 1.91. The maximum Gasteiger partial charge on any atom is 0.276 e. The van der Waals surface area contributed by atoms with Gasteiger partial charge in [-0.15, -0.1) is 4.72 Å². The Balaban J connectivity index is 1.34. The molecule has 1 aromatic heterocycles. The van der Waals surface area contributed by atoms with Gasteiger partial charge in [0.05, 0.1) is 36.8 Å². The normalized spacial score (nSPS) is 23.4. The van der Waals surface area contributed by atoms with Crippen LogP contribution in [0.5, 0.6) is 11.5 Å². The van der Waals surface area contributed by atoms with Crippen LogP contribution in [0.2, 0.25) is 0 Å². The number of aromatic nitrogens is 1. The number of methoxy groups -OCH3 is 1. The van der Waals surface area contributed by atoms with Crippen molar-refractivity contribution < 1.29 is 23.2 Å². The standard InChI is InChI=1S/C27H31FN4O4S/c1-17-11-20(7-10-22(17)28)29-26(33)24-25-23(14-31(24)3)37(34)30-27(2)16-32(13-19(27)15-36-25)12-18-5-8-21(35-4)9-6-18/h5-11,14,19,30H,12-13,15-16H2,1-4H3,(H,29,33). The molecule has 10 heteroatoms. The second kappa shape index (κ2) is 10.0. The summed E-state index contributed by atoms with van der Waals surface area (Å²) in [7, 11) is 3.37. The topological polar surface area (TPSA) is 90.8 Å². The van der Waals surface area contributed by atoms with Crippen molar-refractivity contribution in [1.29, 1.82) is 0 Å². The van der Waals surface area contributed by atoms with E-state index in [-0.39, 0.29) is 17.4 Å². The molecule has 8 nitrogen and oxygen atoms in total. The maximum absolute atomic E-state index is 13.7. The molecular weight excluding hydrogens is 495 g/mol. The van der Waals surface area contributed by atoms with E-state index in [9.17, 15) is 13.7 Å². The zero-order chi connectivity index (χ0) is 26.3. The molecule has 0 spiro atoms. The number of rotatable bonds is 5. The molecule has 2 aliphatic rings. The van der Waals surface area contributed by atoms with Gasteiger partial charge in [0, 0.05) is 38.3 Å². The van der Waals surface area contributed by atoms with Crippen LogP contribution in [0.25, 0.3) is 0 Å². The third-order valence-corrected chi connectivity index (χ3v) is 8.53. The van der Waals surface area contributed by atoms with Crippen LogP contribution in [-0.2, 0) is 25.0 Å². The van der Waals surface area contributed by atoms with E-state index >= 15 is 0 Å². The van der Waals surface area contributed by atoms with Gasteiger partial charge in [-0.3, -0.25) is 9.69 Å². The number of nitrogens with one attached hydrogen (secondary N) is 2. The highest BCUT2D eigenvalue weighted by atomic mass is 32.2. The molecule has 0 bridgehead atoms. The Labute approximate surface area is 219 Å². The van der Waals surface area contributed by atoms with Gasteiger partial charge >= 0.3 is 0 Å². The highest BCUT2D eigenvalue weighted by Gasteiger charge is 2.49. The van der Waals surface area contributed by atoms with Crippen LogP contribution in [-0.4, -0.2) is 52.3 Å². The van der Waals surface area contributed by atoms with Crippen LogP contribution in [0.3, 0.4) is 0 Å². The first-order valence-corrected chi connectivity index (χ1v) is 13.3. The molecule has 2 aromatic carbocycles. The molecule has 37 heavy (non-hydrogen) atoms. The number of aryl methyl sites for hydroxylation is 2. The summed E-state index contributed by atoms with van der Waals surface area (Å²) in [6.07, 6.45) is 1.66. The average Bonchev–Trinajstić information content (AvgIpc) is 3.35. The molecule has 3 heterocycles. The van der Waals surface area contributed by atoms with Crippen molar-refractivity contribution in [3.05, 3.63) is 71.3 Å². The van der Waals surface area contributed by atoms with Crippen molar-refractivity contribution in [2.45, 2.75) is 30.8 Å². The highest BCUT2D eigenvalue weighted by molar-refractivity contribution is 7.89. The van der Waals surface area contributed by atoms with Gasteiger partial charge in [0.15, 0.2) is 5.69 Å². The van der Waals surface area contributed by atoms with E-state index in [0.717, 1.165) is 18.8 Å². The van der Waals surface area contributed by atoms with Gasteiger partial charge in [0.1, 0.15) is 11.6 Å². The molecule has 0 aliphatic carbocycles. The number of fused-ring (bicyclic) bond motifs is 2. The first-order chi connectivity index (χ1) is 17.7. The van der Waals surface area contributed by atoms with Crippen molar-refractivity contribution >= 4 is 23.0 Å². The molecular formula is C27H31FN4O4S. The summed E-state index contributed by atoms with van der Waals surface area (Å²) < 4.78 is 43.6. The number of anilines is 1. The van der Waals surface area contributed by atoms with Gasteiger partial charge in [-0.1, -0.05) is 12.1 Å². The first kappa shape index (κ1) is 25.6. The largest absolute Gasteiger partial charge is 0.593 e. The summed E-state index contributed by atoms with van der Waals surface area (Å²) in [4.78, 5) is 16.0. The minimum atomic E-state index is -1.59. The Bertz CT molecular complexity index is 1310. The summed E-state index contributed by atoms with van der Waals surface area (Å²) in [5, 5.41) is 2.81. The van der Waals surface area contributed by atoms with E-state index in [1.54, 1.807) is 37.9 Å². The zero-order valence-electron chi connectivity index (χ0n) is 21.3. The van der Waals surface area contributed by atoms with Crippen molar-refractivity contribution in [2.75, 3.05) is 32.1 Å². The fraction of sp³-hybridized carbons (Fsp3) is 0.370. The molecule has 5 rings (SSSR count). The Morgan fingerprint density at radius 1 is 1.32 bits per heavy atom. The second-order valence-corrected chi connectivity index (χ2v) is 11.2. The summed E-state index contributed by atoms with van der Waals surface area (Å²) >= 11 is -1.59. The number of likely N-dealkylation sites (tertiary alicyclic amines) is 1. The van der Waals surface area contributed by atoms with E-state index in [1.165, 1.54) is 17.7 Å². The van der Waals surface area contributed by atoms with Gasteiger partial charge in [-0.2, -0.15) is 0 Å². The maximum atomic E-state index is 13.7. The van der Waals surface area contributed by atoms with Crippen LogP contribution in [0.4, 0.5) is 10.1 Å². The van der Waals surface area contributed by atoms with Gasteiger partial charge in [-0.25, -0.2) is 4.39 Å². The summed E-state index contributed by atoms with van der Waals surface area (Å²) in [6, 6.07) is 12.4. The van der Waals surface area contributed by atoms with Crippen molar-refractivity contribution in [3.8, 4) is 11.5 Å². The molecule has 2 aliphatic heterocycles. The fourth-order valence-electron chi connectivity index (χ4n) is 5.11. The minimum Gasteiger partial charge on any atom is -0.593 e. The fourth-order valence-corrected chi connectivity index (χ4v) is 6.45. The molecule has 0 saturated carbocycles. The zero-order valence-corrected chi connectivity index (χ0v) is 22.2. The third-order valence-electron chi connectivity index (χ3n) is 7.18. The lowest BCUT2D eigenvalue weighted by Gasteiger charge is -2.33. The van der Waals surface area contributed by atoms with Gasteiger partial charge in [-0.05, 0) is 55.3 Å². The van der Waals surface area contributed by atoms with Gasteiger partial charge < -0.3 is 23.9 Å². The lowest BCUT2D eigenvalue weighted by atomic mass is 9.91. The predicted molar refractivity (Wildman–Crippen MR) is 140 cm³/mol. The molecule has 3 unspecified atom stereocenters. The Morgan fingerprint density at radius 3 is 2.78 bits per heavy atom. The number of benzene rings is 2. The number of halogens is 1. The molecule has 1 saturated heterocycles. The van der Waals surface area contributed by atoms with Crippen molar-refractivity contribution in [2.24, 2.45) is 13.0 Å². The van der Waals surface area contributed by atoms with Crippen LogP contribution in [0.1, 0.15) is 28.5 Å². The van der Waals surface area contributed by atoms with Crippen LogP contribution >= 0.6 is 0 Å². The van der Waals surface area contributed by atoms with E-state index in [1.807, 2.05) is 24.3 Å². The number of carbonyl (C=O) groups excluding carboxylic acids is 1. The molecule has 1 amide bonds. The van der Waals surface area contributed by atoms with Crippen molar-refractivity contribution in [1.82, 2.24) is 14.2 Å². The average molecular weight is 527 g/mol. The molecule has 2 N–H and O–H groups in total. The first-order valence-electron chi connectivity index (χ1n) is 12.1. The molecule has 1 fully saturated rings. The minimum absolute atomic E-state index is 0.0544. The van der Waals surface area contributed by atoms with Gasteiger partial charge in [0.25, 0.3) is 5.91 Å². The second-order valence-electron chi connectivity index (χ2n) is 10.0. The molecule has 3 atom stereocenters. The monoisotopic (exact) mass is 526 g/mol. The highest BCUT2D eigenvalue weighted by Crippen LogP contribution is 2.38. The van der Waals surface area contributed by atoms with Crippen LogP contribution in [0.15, 0.2) is 53.6 Å². The summed E-state index contributed by atoms with van der Waals surface area (Å²) in [5.74, 6) is 0.422. The van der Waals surface area contributed by atoms with E-state index < -0.39 is 22.8 Å². The van der Waals surface area contributed by atoms with Crippen molar-refractivity contribution in [3.63, 3.8) is 0 Å². The summed E-state index contributed by atoms with van der Waals surface area (Å²) in [6.45, 7) is 6.29. The Kier molecular flexibility index (Phi) is 6.93. The number of hydrogen-bond donors (Lipinski definition) is 2. The number of ether oxygens (including phenoxy) is 2. The number of hydrogen-bond acceptors (Lipinski definition) is 6. The lowest BCUT2D eigenvalue weighted by Crippen LogP contribution is -2.54.